The number of anilines is 1. The van der Waals surface area contributed by atoms with Crippen molar-refractivity contribution in [3.63, 3.8) is 0 Å². The molecule has 1 saturated heterocycles. The number of fused-ring (bicyclic) bond motifs is 1. The maximum atomic E-state index is 13.1. The zero-order chi connectivity index (χ0) is 23.3. The smallest absolute Gasteiger partial charge is 0.237 e. The predicted octanol–water partition coefficient (Wildman–Crippen LogP) is 5.19. The molecular formula is C27H29N5OS. The van der Waals surface area contributed by atoms with Crippen LogP contribution in [0.3, 0.4) is 0 Å². The molecule has 0 aliphatic carbocycles. The van der Waals surface area contributed by atoms with Crippen molar-refractivity contribution in [2.45, 2.75) is 43.3 Å². The van der Waals surface area contributed by atoms with Crippen molar-refractivity contribution in [3.8, 4) is 0 Å². The summed E-state index contributed by atoms with van der Waals surface area (Å²) >= 11 is 1.46. The van der Waals surface area contributed by atoms with Gasteiger partial charge in [-0.3, -0.25) is 9.69 Å². The molecule has 3 aromatic carbocycles. The minimum Gasteiger partial charge on any atom is -0.325 e. The van der Waals surface area contributed by atoms with Crippen molar-refractivity contribution in [2.75, 3.05) is 18.4 Å². The number of nitrogens with one attached hydrogen (secondary N) is 1. The lowest BCUT2D eigenvalue weighted by Crippen LogP contribution is -2.24. The lowest BCUT2D eigenvalue weighted by atomic mass is 10.1. The topological polar surface area (TPSA) is 63.1 Å². The summed E-state index contributed by atoms with van der Waals surface area (Å²) in [6.07, 6.45) is 2.47. The Morgan fingerprint density at radius 3 is 2.50 bits per heavy atom. The normalized spacial score (nSPS) is 15.0. The molecule has 5 rings (SSSR count). The summed E-state index contributed by atoms with van der Waals surface area (Å²) in [6, 6.07) is 24.4. The van der Waals surface area contributed by atoms with Gasteiger partial charge in [-0.25, -0.2) is 0 Å². The van der Waals surface area contributed by atoms with Crippen molar-refractivity contribution < 1.29 is 4.79 Å². The predicted molar refractivity (Wildman–Crippen MR) is 138 cm³/mol. The minimum atomic E-state index is -0.322. The van der Waals surface area contributed by atoms with E-state index >= 15 is 0 Å². The summed E-state index contributed by atoms with van der Waals surface area (Å²) in [7, 11) is 0. The average Bonchev–Trinajstić information content (AvgIpc) is 3.51. The maximum Gasteiger partial charge on any atom is 0.237 e. The number of carbonyl (C=O) groups excluding carboxylic acids is 1. The molecule has 1 aliphatic heterocycles. The van der Waals surface area contributed by atoms with Crippen LogP contribution in [0.25, 0.3) is 10.8 Å². The van der Waals surface area contributed by atoms with Crippen LogP contribution in [0.2, 0.25) is 0 Å². The minimum absolute atomic E-state index is 0.0447. The molecule has 1 unspecified atom stereocenters. The molecule has 1 N–H and O–H groups in total. The van der Waals surface area contributed by atoms with Crippen LogP contribution in [0.4, 0.5) is 5.69 Å². The Morgan fingerprint density at radius 1 is 0.941 bits per heavy atom. The van der Waals surface area contributed by atoms with E-state index in [1.54, 1.807) is 0 Å². The number of carbonyl (C=O) groups is 1. The molecule has 1 aliphatic rings. The fourth-order valence-electron chi connectivity index (χ4n) is 4.37. The van der Waals surface area contributed by atoms with Gasteiger partial charge < -0.3 is 9.88 Å². The van der Waals surface area contributed by atoms with Crippen molar-refractivity contribution >= 4 is 34.1 Å². The monoisotopic (exact) mass is 471 g/mol. The van der Waals surface area contributed by atoms with Crippen LogP contribution in [0.5, 0.6) is 0 Å². The lowest BCUT2D eigenvalue weighted by molar-refractivity contribution is -0.115. The van der Waals surface area contributed by atoms with E-state index in [4.69, 9.17) is 0 Å². The number of benzene rings is 3. The summed E-state index contributed by atoms with van der Waals surface area (Å²) in [4.78, 5) is 15.5. The highest BCUT2D eigenvalue weighted by atomic mass is 32.2. The Morgan fingerprint density at radius 2 is 1.68 bits per heavy atom. The first-order valence-corrected chi connectivity index (χ1v) is 12.7. The van der Waals surface area contributed by atoms with Gasteiger partial charge in [0.05, 0.1) is 18.3 Å². The van der Waals surface area contributed by atoms with Gasteiger partial charge in [0.15, 0.2) is 5.16 Å². The number of thioether (sulfide) groups is 1. The summed E-state index contributed by atoms with van der Waals surface area (Å²) in [6.45, 7) is 5.61. The average molecular weight is 472 g/mol. The highest BCUT2D eigenvalue weighted by Crippen LogP contribution is 2.27. The van der Waals surface area contributed by atoms with E-state index in [9.17, 15) is 4.79 Å². The number of hydrogen-bond acceptors (Lipinski definition) is 5. The van der Waals surface area contributed by atoms with Crippen molar-refractivity contribution in [3.05, 3.63) is 84.2 Å². The highest BCUT2D eigenvalue weighted by molar-refractivity contribution is 8.00. The first kappa shape index (κ1) is 22.6. The number of amides is 1. The van der Waals surface area contributed by atoms with Gasteiger partial charge in [-0.2, -0.15) is 0 Å². The Hall–Kier alpha value is -3.16. The summed E-state index contributed by atoms with van der Waals surface area (Å²) in [5, 5.41) is 14.7. The zero-order valence-corrected chi connectivity index (χ0v) is 20.2. The van der Waals surface area contributed by atoms with Gasteiger partial charge in [-0.05, 0) is 49.9 Å². The molecule has 174 valence electrons. The van der Waals surface area contributed by atoms with Gasteiger partial charge >= 0.3 is 0 Å². The van der Waals surface area contributed by atoms with Gasteiger partial charge in [0.1, 0.15) is 5.82 Å². The molecule has 2 heterocycles. The molecule has 34 heavy (non-hydrogen) atoms. The molecule has 1 aromatic heterocycles. The quantitative estimate of drug-likeness (QED) is 0.358. The number of likely N-dealkylation sites (tertiary alicyclic amines) is 1. The molecule has 7 heteroatoms. The van der Waals surface area contributed by atoms with E-state index in [2.05, 4.69) is 49.2 Å². The van der Waals surface area contributed by atoms with E-state index < -0.39 is 0 Å². The Balaban J connectivity index is 1.34. The van der Waals surface area contributed by atoms with Crippen LogP contribution in [-0.4, -0.2) is 43.9 Å². The van der Waals surface area contributed by atoms with Gasteiger partial charge in [-0.15, -0.1) is 10.2 Å². The van der Waals surface area contributed by atoms with Gasteiger partial charge in [0.25, 0.3) is 0 Å². The SMILES string of the molecule is CC(Sc1nnc(CN2CCCC2)n1Cc1ccccc1)C(=O)Nc1cccc2ccccc12. The van der Waals surface area contributed by atoms with Crippen molar-refractivity contribution in [2.24, 2.45) is 0 Å². The largest absolute Gasteiger partial charge is 0.325 e. The molecule has 1 atom stereocenters. The Bertz CT molecular complexity index is 1260. The second-order valence-electron chi connectivity index (χ2n) is 8.73. The van der Waals surface area contributed by atoms with E-state index in [0.29, 0.717) is 6.54 Å². The molecule has 0 saturated carbocycles. The lowest BCUT2D eigenvalue weighted by Gasteiger charge is -2.17. The van der Waals surface area contributed by atoms with Gasteiger partial charge in [0.2, 0.25) is 5.91 Å². The molecular weight excluding hydrogens is 442 g/mol. The van der Waals surface area contributed by atoms with E-state index in [1.165, 1.54) is 30.2 Å². The van der Waals surface area contributed by atoms with Gasteiger partial charge in [-0.1, -0.05) is 78.5 Å². The summed E-state index contributed by atoms with van der Waals surface area (Å²) < 4.78 is 2.17. The number of aromatic nitrogens is 3. The van der Waals surface area contributed by atoms with Crippen LogP contribution in [0.15, 0.2) is 78.0 Å². The van der Waals surface area contributed by atoms with Crippen LogP contribution in [0, 0.1) is 0 Å². The van der Waals surface area contributed by atoms with E-state index in [1.807, 2.05) is 55.5 Å². The fraction of sp³-hybridized carbons (Fsp3) is 0.296. The van der Waals surface area contributed by atoms with Crippen molar-refractivity contribution in [1.29, 1.82) is 0 Å². The second-order valence-corrected chi connectivity index (χ2v) is 10.0. The first-order valence-electron chi connectivity index (χ1n) is 11.8. The maximum absolute atomic E-state index is 13.1. The molecule has 0 spiro atoms. The van der Waals surface area contributed by atoms with Crippen LogP contribution >= 0.6 is 11.8 Å². The summed E-state index contributed by atoms with van der Waals surface area (Å²) in [5.74, 6) is 0.909. The fourth-order valence-corrected chi connectivity index (χ4v) is 5.24. The molecule has 6 nitrogen and oxygen atoms in total. The molecule has 1 fully saturated rings. The third-order valence-electron chi connectivity index (χ3n) is 6.24. The molecule has 1 amide bonds. The van der Waals surface area contributed by atoms with Gasteiger partial charge in [0, 0.05) is 11.1 Å². The zero-order valence-electron chi connectivity index (χ0n) is 19.4. The Kier molecular flexibility index (Phi) is 6.92. The van der Waals surface area contributed by atoms with Crippen LogP contribution in [0.1, 0.15) is 31.2 Å². The van der Waals surface area contributed by atoms with Crippen LogP contribution < -0.4 is 5.32 Å². The first-order chi connectivity index (χ1) is 16.7. The third-order valence-corrected chi connectivity index (χ3v) is 7.32. The Labute approximate surface area is 204 Å². The molecule has 0 bridgehead atoms. The van der Waals surface area contributed by atoms with Crippen molar-refractivity contribution in [1.82, 2.24) is 19.7 Å². The number of nitrogens with zero attached hydrogens (tertiary/aromatic N) is 4. The summed E-state index contributed by atoms with van der Waals surface area (Å²) in [5.41, 5.74) is 2.02. The van der Waals surface area contributed by atoms with E-state index in [0.717, 1.165) is 47.1 Å². The molecule has 0 radical (unpaired) electrons. The standard InChI is InChI=1S/C27H29N5OS/c1-20(26(33)28-24-15-9-13-22-12-5-6-14-23(22)24)34-27-30-29-25(19-31-16-7-8-17-31)32(27)18-21-10-3-2-4-11-21/h2-6,9-15,20H,7-8,16-19H2,1H3,(H,28,33). The van der Waals surface area contributed by atoms with E-state index in [-0.39, 0.29) is 11.2 Å². The second kappa shape index (κ2) is 10.4. The van der Waals surface area contributed by atoms with Crippen LogP contribution in [-0.2, 0) is 17.9 Å². The highest BCUT2D eigenvalue weighted by Gasteiger charge is 2.23. The third kappa shape index (κ3) is 5.16. The molecule has 4 aromatic rings. The number of hydrogen-bond donors (Lipinski definition) is 1. The number of rotatable bonds is 8.